The number of ether oxygens (including phenoxy) is 1. The summed E-state index contributed by atoms with van der Waals surface area (Å²) >= 11 is 5.96. The maximum absolute atomic E-state index is 9.73. The zero-order valence-corrected chi connectivity index (χ0v) is 11.8. The standard InChI is InChI=1S/C16H17ClO2/c1-3-15(18)12-5-8-14(9-6-12)19-16-10-13(17)7-4-11(16)2/h4-10,15,18H,3H2,1-2H3. The minimum Gasteiger partial charge on any atom is -0.457 e. The van der Waals surface area contributed by atoms with Crippen molar-refractivity contribution in [2.24, 2.45) is 0 Å². The topological polar surface area (TPSA) is 29.5 Å². The Morgan fingerprint density at radius 2 is 1.84 bits per heavy atom. The summed E-state index contributed by atoms with van der Waals surface area (Å²) in [5, 5.41) is 10.4. The summed E-state index contributed by atoms with van der Waals surface area (Å²) in [6, 6.07) is 13.0. The minimum absolute atomic E-state index is 0.415. The first-order valence-corrected chi connectivity index (χ1v) is 6.70. The van der Waals surface area contributed by atoms with E-state index in [9.17, 15) is 5.11 Å². The first kappa shape index (κ1) is 13.9. The van der Waals surface area contributed by atoms with Crippen molar-refractivity contribution in [1.29, 1.82) is 0 Å². The minimum atomic E-state index is -0.415. The molecule has 2 nitrogen and oxygen atoms in total. The molecule has 0 aliphatic rings. The Kier molecular flexibility index (Phi) is 4.46. The summed E-state index contributed by atoms with van der Waals surface area (Å²) in [5.74, 6) is 1.48. The lowest BCUT2D eigenvalue weighted by atomic mass is 10.1. The monoisotopic (exact) mass is 276 g/mol. The number of aliphatic hydroxyl groups excluding tert-OH is 1. The van der Waals surface area contributed by atoms with Gasteiger partial charge < -0.3 is 9.84 Å². The van der Waals surface area contributed by atoms with Gasteiger partial charge in [0.1, 0.15) is 11.5 Å². The lowest BCUT2D eigenvalue weighted by Gasteiger charge is -2.11. The van der Waals surface area contributed by atoms with E-state index < -0.39 is 6.10 Å². The van der Waals surface area contributed by atoms with Gasteiger partial charge in [0.15, 0.2) is 0 Å². The van der Waals surface area contributed by atoms with E-state index in [0.29, 0.717) is 11.4 Å². The Bertz CT molecular complexity index is 549. The fraction of sp³-hybridized carbons (Fsp3) is 0.250. The molecule has 0 amide bonds. The van der Waals surface area contributed by atoms with Crippen molar-refractivity contribution in [3.63, 3.8) is 0 Å². The number of hydrogen-bond acceptors (Lipinski definition) is 2. The van der Waals surface area contributed by atoms with E-state index in [1.807, 2.05) is 50.2 Å². The highest BCUT2D eigenvalue weighted by Gasteiger charge is 2.06. The molecule has 0 bridgehead atoms. The van der Waals surface area contributed by atoms with E-state index in [0.717, 1.165) is 22.6 Å². The molecule has 0 fully saturated rings. The van der Waals surface area contributed by atoms with Crippen molar-refractivity contribution in [3.8, 4) is 11.5 Å². The van der Waals surface area contributed by atoms with Gasteiger partial charge in [0, 0.05) is 5.02 Å². The third-order valence-corrected chi connectivity index (χ3v) is 3.26. The van der Waals surface area contributed by atoms with Crippen molar-refractivity contribution in [3.05, 3.63) is 58.6 Å². The Morgan fingerprint density at radius 3 is 2.47 bits per heavy atom. The Balaban J connectivity index is 2.17. The molecule has 19 heavy (non-hydrogen) atoms. The van der Waals surface area contributed by atoms with E-state index >= 15 is 0 Å². The van der Waals surface area contributed by atoms with E-state index in [1.165, 1.54) is 0 Å². The highest BCUT2D eigenvalue weighted by Crippen LogP contribution is 2.29. The average Bonchev–Trinajstić information content (AvgIpc) is 2.43. The molecule has 2 aromatic rings. The molecule has 100 valence electrons. The van der Waals surface area contributed by atoms with Gasteiger partial charge in [0.2, 0.25) is 0 Å². The van der Waals surface area contributed by atoms with Crippen LogP contribution in [0.1, 0.15) is 30.6 Å². The largest absolute Gasteiger partial charge is 0.457 e. The number of aliphatic hydroxyl groups is 1. The molecule has 1 unspecified atom stereocenters. The normalized spacial score (nSPS) is 12.2. The molecule has 3 heteroatoms. The first-order valence-electron chi connectivity index (χ1n) is 6.32. The summed E-state index contributed by atoms with van der Waals surface area (Å²) in [6.45, 7) is 3.92. The molecule has 1 atom stereocenters. The molecular formula is C16H17ClO2. The molecular weight excluding hydrogens is 260 g/mol. The van der Waals surface area contributed by atoms with Gasteiger partial charge in [-0.1, -0.05) is 36.7 Å². The highest BCUT2D eigenvalue weighted by atomic mass is 35.5. The number of aryl methyl sites for hydroxylation is 1. The van der Waals surface area contributed by atoms with E-state index in [2.05, 4.69) is 0 Å². The summed E-state index contributed by atoms with van der Waals surface area (Å²) in [6.07, 6.45) is 0.287. The van der Waals surface area contributed by atoms with Gasteiger partial charge in [-0.15, -0.1) is 0 Å². The van der Waals surface area contributed by atoms with Gasteiger partial charge in [0.25, 0.3) is 0 Å². The van der Waals surface area contributed by atoms with Crippen LogP contribution in [0.4, 0.5) is 0 Å². The second-order valence-electron chi connectivity index (χ2n) is 4.50. The third kappa shape index (κ3) is 3.49. The SMILES string of the molecule is CCC(O)c1ccc(Oc2cc(Cl)ccc2C)cc1. The zero-order valence-electron chi connectivity index (χ0n) is 11.1. The molecule has 2 aromatic carbocycles. The number of hydrogen-bond donors (Lipinski definition) is 1. The Morgan fingerprint density at radius 1 is 1.16 bits per heavy atom. The lowest BCUT2D eigenvalue weighted by Crippen LogP contribution is -1.95. The molecule has 0 aromatic heterocycles. The summed E-state index contributed by atoms with van der Waals surface area (Å²) < 4.78 is 5.79. The first-order chi connectivity index (χ1) is 9.10. The smallest absolute Gasteiger partial charge is 0.131 e. The van der Waals surface area contributed by atoms with Gasteiger partial charge in [-0.05, 0) is 48.7 Å². The van der Waals surface area contributed by atoms with Crippen LogP contribution in [0.15, 0.2) is 42.5 Å². The van der Waals surface area contributed by atoms with Crippen molar-refractivity contribution < 1.29 is 9.84 Å². The molecule has 0 saturated heterocycles. The van der Waals surface area contributed by atoms with Gasteiger partial charge in [-0.2, -0.15) is 0 Å². The predicted molar refractivity (Wildman–Crippen MR) is 78.0 cm³/mol. The van der Waals surface area contributed by atoms with Gasteiger partial charge in [-0.3, -0.25) is 0 Å². The number of rotatable bonds is 4. The zero-order chi connectivity index (χ0) is 13.8. The quantitative estimate of drug-likeness (QED) is 0.862. The van der Waals surface area contributed by atoms with Crippen LogP contribution in [-0.2, 0) is 0 Å². The molecule has 0 aliphatic carbocycles. The van der Waals surface area contributed by atoms with Crippen molar-refractivity contribution in [1.82, 2.24) is 0 Å². The second kappa shape index (κ2) is 6.09. The summed E-state index contributed by atoms with van der Waals surface area (Å²) in [7, 11) is 0. The molecule has 2 rings (SSSR count). The van der Waals surface area contributed by atoms with E-state index in [-0.39, 0.29) is 0 Å². The molecule has 0 heterocycles. The van der Waals surface area contributed by atoms with Gasteiger partial charge in [0.05, 0.1) is 6.10 Å². The number of benzene rings is 2. The van der Waals surface area contributed by atoms with Crippen LogP contribution in [0.25, 0.3) is 0 Å². The molecule has 0 saturated carbocycles. The van der Waals surface area contributed by atoms with E-state index in [1.54, 1.807) is 6.07 Å². The molecule has 1 N–H and O–H groups in total. The van der Waals surface area contributed by atoms with Crippen LogP contribution < -0.4 is 4.74 Å². The molecule has 0 aliphatic heterocycles. The van der Waals surface area contributed by atoms with Gasteiger partial charge in [-0.25, -0.2) is 0 Å². The van der Waals surface area contributed by atoms with Crippen LogP contribution in [0.5, 0.6) is 11.5 Å². The Hall–Kier alpha value is -1.51. The van der Waals surface area contributed by atoms with Crippen molar-refractivity contribution in [2.45, 2.75) is 26.4 Å². The number of halogens is 1. The maximum Gasteiger partial charge on any atom is 0.131 e. The van der Waals surface area contributed by atoms with Crippen LogP contribution in [0.2, 0.25) is 5.02 Å². The lowest BCUT2D eigenvalue weighted by molar-refractivity contribution is 0.173. The average molecular weight is 277 g/mol. The molecule has 0 spiro atoms. The Labute approximate surface area is 118 Å². The second-order valence-corrected chi connectivity index (χ2v) is 4.94. The van der Waals surface area contributed by atoms with E-state index in [4.69, 9.17) is 16.3 Å². The van der Waals surface area contributed by atoms with Crippen molar-refractivity contribution >= 4 is 11.6 Å². The summed E-state index contributed by atoms with van der Waals surface area (Å²) in [5.41, 5.74) is 1.93. The van der Waals surface area contributed by atoms with Crippen LogP contribution in [0, 0.1) is 6.92 Å². The van der Waals surface area contributed by atoms with Crippen molar-refractivity contribution in [2.75, 3.05) is 0 Å². The van der Waals surface area contributed by atoms with Crippen LogP contribution in [0.3, 0.4) is 0 Å². The maximum atomic E-state index is 9.73. The fourth-order valence-corrected chi connectivity index (χ4v) is 1.97. The van der Waals surface area contributed by atoms with Gasteiger partial charge >= 0.3 is 0 Å². The predicted octanol–water partition coefficient (Wildman–Crippen LogP) is 4.88. The van der Waals surface area contributed by atoms with Crippen LogP contribution in [-0.4, -0.2) is 5.11 Å². The van der Waals surface area contributed by atoms with Crippen LogP contribution >= 0.6 is 11.6 Å². The highest BCUT2D eigenvalue weighted by molar-refractivity contribution is 6.30. The third-order valence-electron chi connectivity index (χ3n) is 3.03. The molecule has 0 radical (unpaired) electrons. The fourth-order valence-electron chi connectivity index (χ4n) is 1.80. The summed E-state index contributed by atoms with van der Waals surface area (Å²) in [4.78, 5) is 0.